The summed E-state index contributed by atoms with van der Waals surface area (Å²) in [5, 5.41) is 10.3. The minimum Gasteiger partial charge on any atom is -0.494 e. The van der Waals surface area contributed by atoms with Crippen LogP contribution in [0.5, 0.6) is 5.75 Å². The molecule has 0 heterocycles. The molecule has 0 spiro atoms. The maximum atomic E-state index is 13.6. The fraction of sp³-hybridized carbons (Fsp3) is 0.294. The summed E-state index contributed by atoms with van der Waals surface area (Å²) >= 11 is 0. The molecule has 3 nitrogen and oxygen atoms in total. The van der Waals surface area contributed by atoms with Gasteiger partial charge in [-0.2, -0.15) is 0 Å². The maximum absolute atomic E-state index is 13.6. The van der Waals surface area contributed by atoms with Crippen molar-refractivity contribution in [1.29, 1.82) is 0 Å². The molecule has 0 aliphatic carbocycles. The molecule has 2 aromatic carbocycles. The highest BCUT2D eigenvalue weighted by molar-refractivity contribution is 5.31. The molecular weight excluding hydrogens is 271 g/mol. The second-order valence-electron chi connectivity index (χ2n) is 4.87. The van der Waals surface area contributed by atoms with Crippen molar-refractivity contribution in [3.63, 3.8) is 0 Å². The number of benzene rings is 2. The third-order valence-corrected chi connectivity index (χ3v) is 3.29. The van der Waals surface area contributed by atoms with Crippen molar-refractivity contribution in [2.45, 2.75) is 19.1 Å². The first-order chi connectivity index (χ1) is 10.1. The van der Waals surface area contributed by atoms with E-state index in [4.69, 9.17) is 9.47 Å². The lowest BCUT2D eigenvalue weighted by Crippen LogP contribution is -2.03. The van der Waals surface area contributed by atoms with E-state index in [0.29, 0.717) is 13.0 Å². The number of aliphatic hydroxyl groups excluding tert-OH is 1. The minimum absolute atomic E-state index is 0.204. The van der Waals surface area contributed by atoms with Gasteiger partial charge in [-0.15, -0.1) is 0 Å². The summed E-state index contributed by atoms with van der Waals surface area (Å²) in [5.41, 5.74) is 2.51. The normalized spacial score (nSPS) is 12.2. The minimum atomic E-state index is -0.686. The summed E-state index contributed by atoms with van der Waals surface area (Å²) in [7, 11) is 3.05. The van der Waals surface area contributed by atoms with Gasteiger partial charge in [-0.05, 0) is 28.8 Å². The van der Waals surface area contributed by atoms with Gasteiger partial charge in [-0.25, -0.2) is 4.39 Å². The van der Waals surface area contributed by atoms with Crippen LogP contribution in [0.4, 0.5) is 4.39 Å². The van der Waals surface area contributed by atoms with Crippen LogP contribution < -0.4 is 4.74 Å². The van der Waals surface area contributed by atoms with Gasteiger partial charge in [0.25, 0.3) is 0 Å². The van der Waals surface area contributed by atoms with Gasteiger partial charge in [0.15, 0.2) is 11.6 Å². The molecule has 0 aromatic heterocycles. The van der Waals surface area contributed by atoms with Crippen molar-refractivity contribution < 1.29 is 19.0 Å². The van der Waals surface area contributed by atoms with E-state index >= 15 is 0 Å². The first-order valence-electron chi connectivity index (χ1n) is 6.72. The fourth-order valence-corrected chi connectivity index (χ4v) is 2.23. The van der Waals surface area contributed by atoms with Crippen molar-refractivity contribution in [2.24, 2.45) is 0 Å². The molecule has 0 fully saturated rings. The zero-order valence-corrected chi connectivity index (χ0v) is 12.2. The van der Waals surface area contributed by atoms with Crippen LogP contribution in [0.2, 0.25) is 0 Å². The van der Waals surface area contributed by atoms with E-state index in [1.807, 2.05) is 24.3 Å². The van der Waals surface area contributed by atoms with E-state index < -0.39 is 11.9 Å². The summed E-state index contributed by atoms with van der Waals surface area (Å²) in [6.45, 7) is 0.498. The molecule has 1 N–H and O–H groups in total. The van der Waals surface area contributed by atoms with Gasteiger partial charge in [-0.1, -0.05) is 30.3 Å². The van der Waals surface area contributed by atoms with Gasteiger partial charge in [-0.3, -0.25) is 0 Å². The Morgan fingerprint density at radius 3 is 2.57 bits per heavy atom. The Morgan fingerprint density at radius 2 is 1.90 bits per heavy atom. The quantitative estimate of drug-likeness (QED) is 0.887. The van der Waals surface area contributed by atoms with E-state index in [0.717, 1.165) is 16.7 Å². The molecule has 21 heavy (non-hydrogen) atoms. The van der Waals surface area contributed by atoms with E-state index in [9.17, 15) is 9.50 Å². The molecule has 0 aliphatic rings. The third-order valence-electron chi connectivity index (χ3n) is 3.29. The average Bonchev–Trinajstić information content (AvgIpc) is 2.48. The molecule has 0 saturated carbocycles. The molecule has 2 rings (SSSR count). The Balaban J connectivity index is 2.12. The Labute approximate surface area is 124 Å². The zero-order valence-electron chi connectivity index (χ0n) is 12.2. The standard InChI is InChI=1S/C17H19FO3/c1-20-11-13-4-3-5-14(8-13)16(19)10-12-6-7-17(21-2)15(18)9-12/h3-9,16,19H,10-11H2,1-2H3. The van der Waals surface area contributed by atoms with Crippen molar-refractivity contribution in [3.8, 4) is 5.75 Å². The molecule has 1 unspecified atom stereocenters. The van der Waals surface area contributed by atoms with Crippen molar-refractivity contribution >= 4 is 0 Å². The molecule has 2 aromatic rings. The van der Waals surface area contributed by atoms with Crippen LogP contribution in [-0.2, 0) is 17.8 Å². The largest absolute Gasteiger partial charge is 0.494 e. The number of hydrogen-bond donors (Lipinski definition) is 1. The Hall–Kier alpha value is -1.91. The summed E-state index contributed by atoms with van der Waals surface area (Å²) in [6, 6.07) is 12.3. The number of rotatable bonds is 6. The number of hydrogen-bond acceptors (Lipinski definition) is 3. The highest BCUT2D eigenvalue weighted by Crippen LogP contribution is 2.23. The van der Waals surface area contributed by atoms with Gasteiger partial charge in [0.2, 0.25) is 0 Å². The molecule has 0 bridgehead atoms. The molecular formula is C17H19FO3. The Kier molecular flexibility index (Phi) is 5.31. The predicted octanol–water partition coefficient (Wildman–Crippen LogP) is 3.26. The van der Waals surface area contributed by atoms with Crippen LogP contribution in [0.1, 0.15) is 22.8 Å². The summed E-state index contributed by atoms with van der Waals surface area (Å²) in [6.07, 6.45) is -0.341. The van der Waals surface area contributed by atoms with Crippen molar-refractivity contribution in [3.05, 3.63) is 65.0 Å². The fourth-order valence-electron chi connectivity index (χ4n) is 2.23. The van der Waals surface area contributed by atoms with Crippen LogP contribution in [0.15, 0.2) is 42.5 Å². The lowest BCUT2D eigenvalue weighted by molar-refractivity contribution is 0.175. The topological polar surface area (TPSA) is 38.7 Å². The number of aliphatic hydroxyl groups is 1. The van der Waals surface area contributed by atoms with Crippen LogP contribution in [0, 0.1) is 5.82 Å². The zero-order chi connectivity index (χ0) is 15.2. The van der Waals surface area contributed by atoms with Crippen LogP contribution in [0.3, 0.4) is 0 Å². The molecule has 112 valence electrons. The molecule has 0 radical (unpaired) electrons. The highest BCUT2D eigenvalue weighted by atomic mass is 19.1. The highest BCUT2D eigenvalue weighted by Gasteiger charge is 2.11. The number of methoxy groups -OCH3 is 2. The van der Waals surface area contributed by atoms with E-state index in [-0.39, 0.29) is 5.75 Å². The third kappa shape index (κ3) is 4.03. The predicted molar refractivity (Wildman–Crippen MR) is 78.8 cm³/mol. The van der Waals surface area contributed by atoms with Gasteiger partial charge in [0, 0.05) is 13.5 Å². The van der Waals surface area contributed by atoms with Gasteiger partial charge >= 0.3 is 0 Å². The first-order valence-corrected chi connectivity index (χ1v) is 6.72. The Morgan fingerprint density at radius 1 is 1.10 bits per heavy atom. The van der Waals surface area contributed by atoms with Crippen molar-refractivity contribution in [1.82, 2.24) is 0 Å². The van der Waals surface area contributed by atoms with Crippen LogP contribution >= 0.6 is 0 Å². The lowest BCUT2D eigenvalue weighted by Gasteiger charge is -2.13. The van der Waals surface area contributed by atoms with Crippen molar-refractivity contribution in [2.75, 3.05) is 14.2 Å². The summed E-state index contributed by atoms with van der Waals surface area (Å²) < 4.78 is 23.6. The molecule has 0 saturated heterocycles. The van der Waals surface area contributed by atoms with Gasteiger partial charge in [0.05, 0.1) is 19.8 Å². The first kappa shape index (κ1) is 15.5. The van der Waals surface area contributed by atoms with E-state index in [1.165, 1.54) is 13.2 Å². The monoisotopic (exact) mass is 290 g/mol. The van der Waals surface area contributed by atoms with E-state index in [1.54, 1.807) is 19.2 Å². The number of ether oxygens (including phenoxy) is 2. The SMILES string of the molecule is COCc1cccc(C(O)Cc2ccc(OC)c(F)c2)c1. The summed E-state index contributed by atoms with van der Waals surface area (Å²) in [5.74, 6) is -0.217. The molecule has 0 aliphatic heterocycles. The molecule has 4 heteroatoms. The summed E-state index contributed by atoms with van der Waals surface area (Å²) in [4.78, 5) is 0. The average molecular weight is 290 g/mol. The number of halogens is 1. The molecule has 0 amide bonds. The maximum Gasteiger partial charge on any atom is 0.165 e. The van der Waals surface area contributed by atoms with Gasteiger partial charge in [0.1, 0.15) is 0 Å². The second-order valence-corrected chi connectivity index (χ2v) is 4.87. The van der Waals surface area contributed by atoms with E-state index in [2.05, 4.69) is 0 Å². The second kappa shape index (κ2) is 7.20. The van der Waals surface area contributed by atoms with Crippen LogP contribution in [-0.4, -0.2) is 19.3 Å². The van der Waals surface area contributed by atoms with Crippen LogP contribution in [0.25, 0.3) is 0 Å². The lowest BCUT2D eigenvalue weighted by atomic mass is 10.00. The molecule has 1 atom stereocenters. The Bertz CT molecular complexity index is 598. The van der Waals surface area contributed by atoms with Gasteiger partial charge < -0.3 is 14.6 Å². The smallest absolute Gasteiger partial charge is 0.165 e.